The number of aromatic nitrogens is 1. The number of anilines is 2. The van der Waals surface area contributed by atoms with E-state index in [4.69, 9.17) is 17.0 Å². The van der Waals surface area contributed by atoms with Crippen LogP contribution in [-0.2, 0) is 9.59 Å². The van der Waals surface area contributed by atoms with Crippen molar-refractivity contribution in [1.82, 2.24) is 9.88 Å². The maximum Gasteiger partial charge on any atom is 0.266 e. The van der Waals surface area contributed by atoms with E-state index >= 15 is 0 Å². The first-order valence-corrected chi connectivity index (χ1v) is 11.2. The number of methoxy groups -OCH3 is 1. The van der Waals surface area contributed by atoms with Gasteiger partial charge >= 0.3 is 0 Å². The number of thiocarbonyl (C=S) groups is 1. The Kier molecular flexibility index (Phi) is 7.05. The first kappa shape index (κ1) is 21.5. The Bertz CT molecular complexity index is 953. The number of amides is 2. The van der Waals surface area contributed by atoms with E-state index < -0.39 is 0 Å². The number of nitrogens with zero attached hydrogens (tertiary/aromatic N) is 3. The number of ether oxygens (including phenoxy) is 1. The van der Waals surface area contributed by atoms with Gasteiger partial charge in [-0.2, -0.15) is 0 Å². The van der Waals surface area contributed by atoms with Crippen molar-refractivity contribution in [3.8, 4) is 5.75 Å². The summed E-state index contributed by atoms with van der Waals surface area (Å²) in [5, 5.41) is 2.36. The molecule has 2 heterocycles. The summed E-state index contributed by atoms with van der Waals surface area (Å²) in [6.45, 7) is 4.20. The van der Waals surface area contributed by atoms with Gasteiger partial charge in [0.05, 0.1) is 23.4 Å². The van der Waals surface area contributed by atoms with Gasteiger partial charge in [0.2, 0.25) is 5.91 Å². The summed E-state index contributed by atoms with van der Waals surface area (Å²) in [7, 11) is 1.59. The minimum atomic E-state index is -0.151. The van der Waals surface area contributed by atoms with Crippen LogP contribution < -0.4 is 9.64 Å². The number of hydrogen-bond donors (Lipinski definition) is 0. The highest BCUT2D eigenvalue weighted by atomic mass is 32.2. The predicted molar refractivity (Wildman–Crippen MR) is 123 cm³/mol. The molecule has 0 atom stereocenters. The largest absolute Gasteiger partial charge is 0.497 e. The van der Waals surface area contributed by atoms with Gasteiger partial charge < -0.3 is 4.74 Å². The van der Waals surface area contributed by atoms with Gasteiger partial charge in [0.15, 0.2) is 5.13 Å². The Morgan fingerprint density at radius 3 is 2.69 bits per heavy atom. The van der Waals surface area contributed by atoms with Crippen molar-refractivity contribution in [2.24, 2.45) is 0 Å². The summed E-state index contributed by atoms with van der Waals surface area (Å²) >= 11 is 7.97. The summed E-state index contributed by atoms with van der Waals surface area (Å²) in [5.74, 6) is 0.478. The van der Waals surface area contributed by atoms with Crippen LogP contribution >= 0.6 is 35.3 Å². The molecular formula is C20H21N3O3S3. The second kappa shape index (κ2) is 9.51. The van der Waals surface area contributed by atoms with Crippen LogP contribution in [0.25, 0.3) is 6.08 Å². The lowest BCUT2D eigenvalue weighted by molar-refractivity contribution is -0.122. The number of benzene rings is 1. The molecule has 0 bridgehead atoms. The first-order chi connectivity index (χ1) is 13.9. The highest BCUT2D eigenvalue weighted by Gasteiger charge is 2.31. The number of carbonyl (C=O) groups is 2. The topological polar surface area (TPSA) is 62.7 Å². The number of hydrogen-bond acceptors (Lipinski definition) is 7. The highest BCUT2D eigenvalue weighted by Crippen LogP contribution is 2.35. The van der Waals surface area contributed by atoms with Crippen molar-refractivity contribution in [1.29, 1.82) is 0 Å². The average molecular weight is 448 g/mol. The molecule has 1 aliphatic heterocycles. The molecule has 29 heavy (non-hydrogen) atoms. The normalized spacial score (nSPS) is 15.3. The van der Waals surface area contributed by atoms with Crippen molar-refractivity contribution in [3.63, 3.8) is 0 Å². The van der Waals surface area contributed by atoms with E-state index in [1.807, 2.05) is 5.38 Å². The molecule has 0 N–H and O–H groups in total. The number of rotatable bonds is 7. The van der Waals surface area contributed by atoms with Crippen molar-refractivity contribution in [2.75, 3.05) is 18.6 Å². The third-order valence-corrected chi connectivity index (χ3v) is 6.46. The van der Waals surface area contributed by atoms with Gasteiger partial charge in [-0.15, -0.1) is 11.3 Å². The van der Waals surface area contributed by atoms with Crippen LogP contribution in [0, 0.1) is 0 Å². The Morgan fingerprint density at radius 1 is 1.34 bits per heavy atom. The van der Waals surface area contributed by atoms with Crippen molar-refractivity contribution >= 4 is 68.3 Å². The summed E-state index contributed by atoms with van der Waals surface area (Å²) in [4.78, 5) is 33.1. The molecule has 9 heteroatoms. The van der Waals surface area contributed by atoms with Gasteiger partial charge in [0.25, 0.3) is 5.91 Å². The second-order valence-corrected chi connectivity index (χ2v) is 8.81. The lowest BCUT2D eigenvalue weighted by atomic mass is 10.3. The molecule has 152 valence electrons. The van der Waals surface area contributed by atoms with E-state index in [-0.39, 0.29) is 11.8 Å². The van der Waals surface area contributed by atoms with E-state index in [2.05, 4.69) is 11.9 Å². The Balaban J connectivity index is 1.83. The fraction of sp³-hybridized carbons (Fsp3) is 0.300. The van der Waals surface area contributed by atoms with Gasteiger partial charge in [-0.1, -0.05) is 37.3 Å². The summed E-state index contributed by atoms with van der Waals surface area (Å²) < 4.78 is 5.75. The second-order valence-electron chi connectivity index (χ2n) is 6.29. The molecule has 1 fully saturated rings. The molecule has 1 aromatic heterocycles. The van der Waals surface area contributed by atoms with E-state index in [1.165, 1.54) is 34.9 Å². The Morgan fingerprint density at radius 2 is 2.07 bits per heavy atom. The van der Waals surface area contributed by atoms with Gasteiger partial charge in [-0.25, -0.2) is 4.98 Å². The van der Waals surface area contributed by atoms with Crippen LogP contribution in [0.1, 0.15) is 32.4 Å². The molecule has 0 unspecified atom stereocenters. The van der Waals surface area contributed by atoms with Gasteiger partial charge in [0.1, 0.15) is 10.1 Å². The number of thioether (sulfide) groups is 1. The molecule has 0 spiro atoms. The van der Waals surface area contributed by atoms with E-state index in [0.717, 1.165) is 12.8 Å². The first-order valence-electron chi connectivity index (χ1n) is 9.10. The van der Waals surface area contributed by atoms with Gasteiger partial charge in [-0.3, -0.25) is 19.4 Å². The van der Waals surface area contributed by atoms with Crippen LogP contribution in [-0.4, -0.2) is 39.7 Å². The molecule has 0 saturated carbocycles. The smallest absolute Gasteiger partial charge is 0.266 e. The summed E-state index contributed by atoms with van der Waals surface area (Å²) in [5.41, 5.74) is 1.32. The molecule has 3 rings (SSSR count). The monoisotopic (exact) mass is 447 g/mol. The van der Waals surface area contributed by atoms with Crippen LogP contribution in [0.4, 0.5) is 10.8 Å². The summed E-state index contributed by atoms with van der Waals surface area (Å²) in [6, 6.07) is 7.20. The van der Waals surface area contributed by atoms with Crippen LogP contribution in [0.5, 0.6) is 5.75 Å². The fourth-order valence-corrected chi connectivity index (χ4v) is 4.88. The van der Waals surface area contributed by atoms with Crippen LogP contribution in [0.15, 0.2) is 34.6 Å². The standard InChI is InChI=1S/C20H21N3O3S3/c1-4-5-10-22-18(25)17(29-20(22)27)11-14-12-28-19(21-14)23(13(2)24)15-6-8-16(26-3)9-7-15/h6-9,11-12H,4-5,10H2,1-3H3/b17-11-. The molecule has 2 amide bonds. The van der Waals surface area contributed by atoms with E-state index in [9.17, 15) is 9.59 Å². The maximum absolute atomic E-state index is 12.6. The zero-order valence-corrected chi connectivity index (χ0v) is 18.8. The van der Waals surface area contributed by atoms with Crippen LogP contribution in [0.3, 0.4) is 0 Å². The molecule has 1 aromatic carbocycles. The highest BCUT2D eigenvalue weighted by molar-refractivity contribution is 8.26. The van der Waals surface area contributed by atoms with Gasteiger partial charge in [0, 0.05) is 18.8 Å². The molecule has 1 aliphatic rings. The van der Waals surface area contributed by atoms with E-state index in [1.54, 1.807) is 42.4 Å². The Hall–Kier alpha value is -2.23. The molecule has 6 nitrogen and oxygen atoms in total. The third-order valence-electron chi connectivity index (χ3n) is 4.23. The minimum absolute atomic E-state index is 0.0819. The van der Waals surface area contributed by atoms with Crippen LogP contribution in [0.2, 0.25) is 0 Å². The number of carbonyl (C=O) groups excluding carboxylic acids is 2. The fourth-order valence-electron chi connectivity index (χ4n) is 2.75. The average Bonchev–Trinajstić information content (AvgIpc) is 3.25. The lowest BCUT2D eigenvalue weighted by Gasteiger charge is -2.18. The molecule has 2 aromatic rings. The van der Waals surface area contributed by atoms with E-state index in [0.29, 0.717) is 38.0 Å². The molecule has 0 radical (unpaired) electrons. The SMILES string of the molecule is CCCCN1C(=O)/C(=C/c2csc(N(C(C)=O)c3ccc(OC)cc3)n2)SC1=S. The number of unbranched alkanes of at least 4 members (excludes halogenated alkanes) is 1. The zero-order valence-electron chi connectivity index (χ0n) is 16.4. The van der Waals surface area contributed by atoms with Gasteiger partial charge in [-0.05, 0) is 36.8 Å². The quantitative estimate of drug-likeness (QED) is 0.447. The Labute approximate surface area is 183 Å². The van der Waals surface area contributed by atoms with Crippen molar-refractivity contribution in [3.05, 3.63) is 40.2 Å². The number of thiazole rings is 1. The summed E-state index contributed by atoms with van der Waals surface area (Å²) in [6.07, 6.45) is 3.64. The third kappa shape index (κ3) is 4.85. The maximum atomic E-state index is 12.6. The zero-order chi connectivity index (χ0) is 21.0. The van der Waals surface area contributed by atoms with Crippen molar-refractivity contribution in [2.45, 2.75) is 26.7 Å². The minimum Gasteiger partial charge on any atom is -0.497 e. The molecular weight excluding hydrogens is 426 g/mol. The molecule has 0 aliphatic carbocycles. The lowest BCUT2D eigenvalue weighted by Crippen LogP contribution is -2.28. The van der Waals surface area contributed by atoms with Crippen molar-refractivity contribution < 1.29 is 14.3 Å². The predicted octanol–water partition coefficient (Wildman–Crippen LogP) is 4.84. The molecule has 1 saturated heterocycles.